The SMILES string of the molecule is CC(C)Oc1ccc(C(C)NC(C)C(C)N)cc1. The van der Waals surface area contributed by atoms with Gasteiger partial charge in [-0.1, -0.05) is 12.1 Å². The van der Waals surface area contributed by atoms with E-state index in [-0.39, 0.29) is 12.1 Å². The van der Waals surface area contributed by atoms with Crippen molar-refractivity contribution in [1.82, 2.24) is 5.32 Å². The van der Waals surface area contributed by atoms with E-state index in [1.165, 1.54) is 5.56 Å². The molecule has 0 aliphatic carbocycles. The summed E-state index contributed by atoms with van der Waals surface area (Å²) in [5.74, 6) is 0.918. The molecule has 0 radical (unpaired) electrons. The van der Waals surface area contributed by atoms with Crippen molar-refractivity contribution in [3.05, 3.63) is 29.8 Å². The maximum Gasteiger partial charge on any atom is 0.119 e. The molecule has 1 aromatic carbocycles. The zero-order chi connectivity index (χ0) is 13.7. The maximum absolute atomic E-state index is 5.86. The Hall–Kier alpha value is -1.06. The minimum absolute atomic E-state index is 0.149. The molecule has 0 spiro atoms. The first-order valence-electron chi connectivity index (χ1n) is 6.68. The van der Waals surface area contributed by atoms with E-state index in [0.29, 0.717) is 12.1 Å². The average molecular weight is 250 g/mol. The van der Waals surface area contributed by atoms with E-state index < -0.39 is 0 Å². The molecule has 3 atom stereocenters. The molecule has 3 unspecified atom stereocenters. The van der Waals surface area contributed by atoms with Crippen LogP contribution in [0.2, 0.25) is 0 Å². The summed E-state index contributed by atoms with van der Waals surface area (Å²) in [7, 11) is 0. The van der Waals surface area contributed by atoms with Gasteiger partial charge in [0.05, 0.1) is 6.10 Å². The molecule has 3 nitrogen and oxygen atoms in total. The monoisotopic (exact) mass is 250 g/mol. The highest BCUT2D eigenvalue weighted by Gasteiger charge is 2.12. The topological polar surface area (TPSA) is 47.3 Å². The summed E-state index contributed by atoms with van der Waals surface area (Å²) in [6.45, 7) is 10.3. The zero-order valence-corrected chi connectivity index (χ0v) is 12.1. The molecule has 0 amide bonds. The fourth-order valence-electron chi connectivity index (χ4n) is 1.75. The van der Waals surface area contributed by atoms with Crippen LogP contribution in [-0.2, 0) is 0 Å². The van der Waals surface area contributed by atoms with E-state index in [1.807, 2.05) is 32.9 Å². The summed E-state index contributed by atoms with van der Waals surface area (Å²) in [5.41, 5.74) is 7.11. The van der Waals surface area contributed by atoms with E-state index in [1.54, 1.807) is 0 Å². The molecule has 0 aromatic heterocycles. The predicted molar refractivity (Wildman–Crippen MR) is 76.9 cm³/mol. The Bertz CT molecular complexity index is 346. The summed E-state index contributed by atoms with van der Waals surface area (Å²) >= 11 is 0. The molecule has 1 rings (SSSR count). The molecule has 0 aliphatic heterocycles. The molecule has 0 saturated heterocycles. The second-order valence-corrected chi connectivity index (χ2v) is 5.27. The molecule has 3 heteroatoms. The smallest absolute Gasteiger partial charge is 0.119 e. The quantitative estimate of drug-likeness (QED) is 0.816. The Labute approximate surface area is 111 Å². The van der Waals surface area contributed by atoms with Gasteiger partial charge in [-0.05, 0) is 52.3 Å². The van der Waals surface area contributed by atoms with E-state index in [2.05, 4.69) is 31.3 Å². The van der Waals surface area contributed by atoms with Crippen LogP contribution in [0, 0.1) is 0 Å². The highest BCUT2D eigenvalue weighted by atomic mass is 16.5. The van der Waals surface area contributed by atoms with E-state index >= 15 is 0 Å². The predicted octanol–water partition coefficient (Wildman–Crippen LogP) is 2.86. The van der Waals surface area contributed by atoms with Crippen molar-refractivity contribution in [2.75, 3.05) is 0 Å². The summed E-state index contributed by atoms with van der Waals surface area (Å²) in [5, 5.41) is 3.49. The van der Waals surface area contributed by atoms with Gasteiger partial charge in [0, 0.05) is 18.1 Å². The lowest BCUT2D eigenvalue weighted by atomic mass is 10.1. The van der Waals surface area contributed by atoms with Crippen LogP contribution in [0.4, 0.5) is 0 Å². The molecule has 0 fully saturated rings. The third-order valence-corrected chi connectivity index (χ3v) is 3.05. The first-order chi connectivity index (χ1) is 8.40. The van der Waals surface area contributed by atoms with Gasteiger partial charge in [0.2, 0.25) is 0 Å². The number of rotatable bonds is 6. The van der Waals surface area contributed by atoms with Gasteiger partial charge in [-0.2, -0.15) is 0 Å². The molecule has 0 bridgehead atoms. The van der Waals surface area contributed by atoms with Gasteiger partial charge in [0.25, 0.3) is 0 Å². The van der Waals surface area contributed by atoms with Crippen LogP contribution >= 0.6 is 0 Å². The fourth-order valence-corrected chi connectivity index (χ4v) is 1.75. The number of benzene rings is 1. The number of hydrogen-bond donors (Lipinski definition) is 2. The average Bonchev–Trinajstić information content (AvgIpc) is 2.28. The highest BCUT2D eigenvalue weighted by molar-refractivity contribution is 5.29. The Morgan fingerprint density at radius 1 is 1.00 bits per heavy atom. The third-order valence-electron chi connectivity index (χ3n) is 3.05. The zero-order valence-electron chi connectivity index (χ0n) is 12.1. The minimum atomic E-state index is 0.149. The Balaban J connectivity index is 2.61. The van der Waals surface area contributed by atoms with Crippen molar-refractivity contribution in [2.45, 2.75) is 58.8 Å². The number of hydrogen-bond acceptors (Lipinski definition) is 3. The molecule has 3 N–H and O–H groups in total. The maximum atomic E-state index is 5.86. The van der Waals surface area contributed by atoms with Crippen LogP contribution in [0.3, 0.4) is 0 Å². The number of nitrogens with one attached hydrogen (secondary N) is 1. The van der Waals surface area contributed by atoms with Gasteiger partial charge in [-0.15, -0.1) is 0 Å². The van der Waals surface area contributed by atoms with Crippen molar-refractivity contribution >= 4 is 0 Å². The number of nitrogens with two attached hydrogens (primary N) is 1. The van der Waals surface area contributed by atoms with Crippen molar-refractivity contribution in [2.24, 2.45) is 5.73 Å². The van der Waals surface area contributed by atoms with Gasteiger partial charge < -0.3 is 15.8 Å². The summed E-state index contributed by atoms with van der Waals surface area (Å²) in [6.07, 6.45) is 0.213. The van der Waals surface area contributed by atoms with Gasteiger partial charge in [0.1, 0.15) is 5.75 Å². The Morgan fingerprint density at radius 3 is 2.00 bits per heavy atom. The highest BCUT2D eigenvalue weighted by Crippen LogP contribution is 2.19. The first kappa shape index (κ1) is 15.0. The lowest BCUT2D eigenvalue weighted by Crippen LogP contribution is -2.41. The molecule has 102 valence electrons. The van der Waals surface area contributed by atoms with E-state index in [4.69, 9.17) is 10.5 Å². The Kier molecular flexibility index (Phi) is 5.63. The molecule has 0 aliphatic rings. The summed E-state index contributed by atoms with van der Waals surface area (Å²) in [6, 6.07) is 8.97. The van der Waals surface area contributed by atoms with Gasteiger partial charge in [0.15, 0.2) is 0 Å². The molecule has 1 aromatic rings. The van der Waals surface area contributed by atoms with Crippen LogP contribution in [0.25, 0.3) is 0 Å². The minimum Gasteiger partial charge on any atom is -0.491 e. The molecule has 0 saturated carbocycles. The normalized spacial score (nSPS) is 16.4. The Morgan fingerprint density at radius 2 is 1.56 bits per heavy atom. The van der Waals surface area contributed by atoms with Crippen LogP contribution in [0.1, 0.15) is 46.2 Å². The summed E-state index contributed by atoms with van der Waals surface area (Å²) in [4.78, 5) is 0. The molecule has 0 heterocycles. The van der Waals surface area contributed by atoms with Crippen molar-refractivity contribution in [1.29, 1.82) is 0 Å². The van der Waals surface area contributed by atoms with Crippen molar-refractivity contribution in [3.8, 4) is 5.75 Å². The van der Waals surface area contributed by atoms with Crippen LogP contribution in [-0.4, -0.2) is 18.2 Å². The van der Waals surface area contributed by atoms with Crippen LogP contribution < -0.4 is 15.8 Å². The molecular formula is C15H26N2O. The lowest BCUT2D eigenvalue weighted by molar-refractivity contribution is 0.242. The standard InChI is InChI=1S/C15H26N2O/c1-10(2)18-15-8-6-14(7-9-15)13(5)17-12(4)11(3)16/h6-13,17H,16H2,1-5H3. The lowest BCUT2D eigenvalue weighted by Gasteiger charge is -2.23. The van der Waals surface area contributed by atoms with Gasteiger partial charge in [-0.3, -0.25) is 0 Å². The van der Waals surface area contributed by atoms with Crippen molar-refractivity contribution in [3.63, 3.8) is 0 Å². The fraction of sp³-hybridized carbons (Fsp3) is 0.600. The van der Waals surface area contributed by atoms with Crippen molar-refractivity contribution < 1.29 is 4.74 Å². The largest absolute Gasteiger partial charge is 0.491 e. The van der Waals surface area contributed by atoms with Crippen LogP contribution in [0.15, 0.2) is 24.3 Å². The van der Waals surface area contributed by atoms with Gasteiger partial charge >= 0.3 is 0 Å². The first-order valence-corrected chi connectivity index (χ1v) is 6.68. The van der Waals surface area contributed by atoms with E-state index in [9.17, 15) is 0 Å². The second-order valence-electron chi connectivity index (χ2n) is 5.27. The van der Waals surface area contributed by atoms with E-state index in [0.717, 1.165) is 5.75 Å². The second kappa shape index (κ2) is 6.76. The van der Waals surface area contributed by atoms with Crippen LogP contribution in [0.5, 0.6) is 5.75 Å². The third kappa shape index (κ3) is 4.67. The summed E-state index contributed by atoms with van der Waals surface area (Å²) < 4.78 is 5.63. The van der Waals surface area contributed by atoms with Gasteiger partial charge in [-0.25, -0.2) is 0 Å². The number of ether oxygens (including phenoxy) is 1. The molecular weight excluding hydrogens is 224 g/mol. The molecule has 18 heavy (non-hydrogen) atoms.